The number of halogens is 5. The van der Waals surface area contributed by atoms with E-state index in [4.69, 9.17) is 23.2 Å². The molecule has 0 aliphatic heterocycles. The van der Waals surface area contributed by atoms with Crippen molar-refractivity contribution < 1.29 is 4.39 Å². The average Bonchev–Trinajstić information content (AvgIpc) is 2.48. The second-order valence-electron chi connectivity index (χ2n) is 4.98. The Labute approximate surface area is 150 Å². The summed E-state index contributed by atoms with van der Waals surface area (Å²) >= 11 is 19.0. The van der Waals surface area contributed by atoms with Gasteiger partial charge in [0.2, 0.25) is 0 Å². The molecule has 0 bridgehead atoms. The lowest BCUT2D eigenvalue weighted by atomic mass is 9.79. The lowest BCUT2D eigenvalue weighted by molar-refractivity contribution is 0.547. The average molecular weight is 455 g/mol. The molecule has 0 N–H and O–H groups in total. The Kier molecular flexibility index (Phi) is 6.13. The second kappa shape index (κ2) is 7.45. The van der Waals surface area contributed by atoms with Crippen LogP contribution in [0.1, 0.15) is 11.1 Å². The van der Waals surface area contributed by atoms with Crippen molar-refractivity contribution in [3.63, 3.8) is 0 Å². The van der Waals surface area contributed by atoms with E-state index in [-0.39, 0.29) is 10.4 Å². The molecule has 21 heavy (non-hydrogen) atoms. The first-order valence-corrected chi connectivity index (χ1v) is 9.32. The van der Waals surface area contributed by atoms with Crippen molar-refractivity contribution in [2.75, 3.05) is 10.7 Å². The van der Waals surface area contributed by atoms with Gasteiger partial charge in [-0.3, -0.25) is 0 Å². The highest BCUT2D eigenvalue weighted by Gasteiger charge is 2.31. The summed E-state index contributed by atoms with van der Waals surface area (Å²) in [6, 6.07) is 12.7. The van der Waals surface area contributed by atoms with Gasteiger partial charge in [-0.1, -0.05) is 73.3 Å². The molecular weight excluding hydrogens is 442 g/mol. The van der Waals surface area contributed by atoms with Gasteiger partial charge >= 0.3 is 0 Å². The highest BCUT2D eigenvalue weighted by molar-refractivity contribution is 9.09. The van der Waals surface area contributed by atoms with Crippen LogP contribution in [0, 0.1) is 5.82 Å². The minimum Gasteiger partial charge on any atom is -0.205 e. The van der Waals surface area contributed by atoms with Crippen LogP contribution in [0.3, 0.4) is 0 Å². The SMILES string of the molecule is Fc1cc(CC(CBr)(CBr)c2cccc(Cl)c2)ccc1Cl. The molecule has 112 valence electrons. The van der Waals surface area contributed by atoms with Crippen LogP contribution in [-0.4, -0.2) is 10.7 Å². The number of rotatable bonds is 5. The summed E-state index contributed by atoms with van der Waals surface area (Å²) in [7, 11) is 0. The normalized spacial score (nSPS) is 11.7. The summed E-state index contributed by atoms with van der Waals surface area (Å²) in [5.74, 6) is -0.390. The van der Waals surface area contributed by atoms with Crippen LogP contribution in [0.2, 0.25) is 10.0 Å². The van der Waals surface area contributed by atoms with Gasteiger partial charge in [-0.15, -0.1) is 0 Å². The first kappa shape index (κ1) is 17.3. The van der Waals surface area contributed by atoms with E-state index >= 15 is 0 Å². The van der Waals surface area contributed by atoms with E-state index in [9.17, 15) is 4.39 Å². The van der Waals surface area contributed by atoms with Crippen LogP contribution in [0.15, 0.2) is 42.5 Å². The number of alkyl halides is 2. The number of benzene rings is 2. The van der Waals surface area contributed by atoms with Crippen molar-refractivity contribution in [3.8, 4) is 0 Å². The van der Waals surface area contributed by atoms with Crippen LogP contribution in [0.4, 0.5) is 4.39 Å². The highest BCUT2D eigenvalue weighted by Crippen LogP contribution is 2.34. The topological polar surface area (TPSA) is 0 Å². The first-order chi connectivity index (χ1) is 10.0. The molecule has 2 aromatic carbocycles. The monoisotopic (exact) mass is 452 g/mol. The first-order valence-electron chi connectivity index (χ1n) is 6.33. The maximum Gasteiger partial charge on any atom is 0.142 e. The predicted molar refractivity (Wildman–Crippen MR) is 95.8 cm³/mol. The van der Waals surface area contributed by atoms with E-state index in [1.54, 1.807) is 6.07 Å². The molecule has 0 unspecified atom stereocenters. The fourth-order valence-electron chi connectivity index (χ4n) is 2.25. The van der Waals surface area contributed by atoms with Gasteiger partial charge in [0.1, 0.15) is 5.82 Å². The van der Waals surface area contributed by atoms with Crippen molar-refractivity contribution in [3.05, 3.63) is 69.5 Å². The lowest BCUT2D eigenvalue weighted by Gasteiger charge is -2.31. The standard InChI is InChI=1S/C16H13Br2Cl2F/c17-9-16(10-18,12-2-1-3-13(19)7-12)8-11-4-5-14(20)15(21)6-11/h1-7H,8-10H2. The summed E-state index contributed by atoms with van der Waals surface area (Å²) in [6.07, 6.45) is 0.679. The quantitative estimate of drug-likeness (QED) is 0.458. The number of hydrogen-bond acceptors (Lipinski definition) is 0. The largest absolute Gasteiger partial charge is 0.205 e. The molecule has 0 radical (unpaired) electrons. The molecule has 0 fully saturated rings. The molecule has 0 aliphatic carbocycles. The van der Waals surface area contributed by atoms with E-state index in [2.05, 4.69) is 31.9 Å². The third-order valence-corrected chi connectivity index (χ3v) is 6.16. The summed E-state index contributed by atoms with van der Waals surface area (Å²) in [6.45, 7) is 0. The Morgan fingerprint density at radius 2 is 1.71 bits per heavy atom. The van der Waals surface area contributed by atoms with E-state index in [1.165, 1.54) is 6.07 Å². The maximum atomic E-state index is 13.7. The summed E-state index contributed by atoms with van der Waals surface area (Å²) in [4.78, 5) is 0. The second-order valence-corrected chi connectivity index (χ2v) is 6.95. The van der Waals surface area contributed by atoms with Gasteiger partial charge in [0.05, 0.1) is 5.02 Å². The van der Waals surface area contributed by atoms with Gasteiger partial charge < -0.3 is 0 Å². The van der Waals surface area contributed by atoms with Crippen molar-refractivity contribution in [2.45, 2.75) is 11.8 Å². The summed E-state index contributed by atoms with van der Waals surface area (Å²) in [5, 5.41) is 2.30. The zero-order valence-corrected chi connectivity index (χ0v) is 15.7. The smallest absolute Gasteiger partial charge is 0.142 e. The zero-order chi connectivity index (χ0) is 15.5. The molecule has 0 aliphatic rings. The van der Waals surface area contributed by atoms with E-state index in [1.807, 2.05) is 30.3 Å². The van der Waals surface area contributed by atoms with Crippen LogP contribution in [-0.2, 0) is 11.8 Å². The van der Waals surface area contributed by atoms with Gasteiger partial charge in [-0.25, -0.2) is 4.39 Å². The van der Waals surface area contributed by atoms with Crippen molar-refractivity contribution in [2.24, 2.45) is 0 Å². The van der Waals surface area contributed by atoms with Gasteiger partial charge in [0.15, 0.2) is 0 Å². The predicted octanol–water partition coefficient (Wildman–Crippen LogP) is 6.40. The molecule has 0 heterocycles. The van der Waals surface area contributed by atoms with Crippen LogP contribution in [0.25, 0.3) is 0 Å². The Morgan fingerprint density at radius 1 is 1.00 bits per heavy atom. The van der Waals surface area contributed by atoms with E-state index in [0.29, 0.717) is 11.4 Å². The molecule has 5 heteroatoms. The Balaban J connectivity index is 2.40. The van der Waals surface area contributed by atoms with Gasteiger partial charge in [0, 0.05) is 21.1 Å². The van der Waals surface area contributed by atoms with Gasteiger partial charge in [0.25, 0.3) is 0 Å². The highest BCUT2D eigenvalue weighted by atomic mass is 79.9. The molecule has 2 rings (SSSR count). The molecule has 0 amide bonds. The van der Waals surface area contributed by atoms with Crippen LogP contribution in [0.5, 0.6) is 0 Å². The van der Waals surface area contributed by atoms with Crippen molar-refractivity contribution in [1.29, 1.82) is 0 Å². The fraction of sp³-hybridized carbons (Fsp3) is 0.250. The molecule has 0 atom stereocenters. The lowest BCUT2D eigenvalue weighted by Crippen LogP contribution is -2.33. The molecule has 0 aromatic heterocycles. The molecule has 0 saturated carbocycles. The Hall–Kier alpha value is -0.0900. The molecule has 0 saturated heterocycles. The molecule has 2 aromatic rings. The number of hydrogen-bond donors (Lipinski definition) is 0. The third kappa shape index (κ3) is 4.01. The minimum atomic E-state index is -0.390. The Bertz CT molecular complexity index is 627. The van der Waals surface area contributed by atoms with Crippen molar-refractivity contribution >= 4 is 55.1 Å². The summed E-state index contributed by atoms with van der Waals surface area (Å²) < 4.78 is 13.7. The maximum absolute atomic E-state index is 13.7. The van der Waals surface area contributed by atoms with Gasteiger partial charge in [-0.05, 0) is 41.8 Å². The van der Waals surface area contributed by atoms with E-state index in [0.717, 1.165) is 21.8 Å². The van der Waals surface area contributed by atoms with Gasteiger partial charge in [-0.2, -0.15) is 0 Å². The van der Waals surface area contributed by atoms with Crippen LogP contribution < -0.4 is 0 Å². The minimum absolute atomic E-state index is 0.143. The fourth-order valence-corrected chi connectivity index (χ4v) is 4.53. The zero-order valence-electron chi connectivity index (χ0n) is 11.1. The summed E-state index contributed by atoms with van der Waals surface area (Å²) in [5.41, 5.74) is 1.81. The molecule has 0 nitrogen and oxygen atoms in total. The molecular formula is C16H13Br2Cl2F. The van der Waals surface area contributed by atoms with Crippen molar-refractivity contribution in [1.82, 2.24) is 0 Å². The molecule has 0 spiro atoms. The van der Waals surface area contributed by atoms with Crippen LogP contribution >= 0.6 is 55.1 Å². The Morgan fingerprint density at radius 3 is 2.29 bits per heavy atom. The van der Waals surface area contributed by atoms with E-state index < -0.39 is 5.82 Å². The third-order valence-electron chi connectivity index (χ3n) is 3.48.